The van der Waals surface area contributed by atoms with E-state index in [9.17, 15) is 5.11 Å². The molecule has 0 radical (unpaired) electrons. The zero-order chi connectivity index (χ0) is 15.7. The number of nitrogens with zero attached hydrogens (tertiary/aromatic N) is 2. The molecule has 2 atom stereocenters. The predicted molar refractivity (Wildman–Crippen MR) is 90.8 cm³/mol. The Labute approximate surface area is 131 Å². The molecule has 0 spiro atoms. The van der Waals surface area contributed by atoms with Gasteiger partial charge in [0, 0.05) is 18.1 Å². The molecule has 0 aliphatic carbocycles. The van der Waals surface area contributed by atoms with Crippen molar-refractivity contribution < 1.29 is 5.11 Å². The van der Waals surface area contributed by atoms with Crippen molar-refractivity contribution in [2.75, 3.05) is 46.4 Å². The molecule has 0 amide bonds. The van der Waals surface area contributed by atoms with Crippen molar-refractivity contribution in [3.05, 3.63) is 0 Å². The Kier molecular flexibility index (Phi) is 8.79. The summed E-state index contributed by atoms with van der Waals surface area (Å²) in [7, 11) is 2.23. The number of hydrogen-bond acceptors (Lipinski definition) is 4. The average molecular weight is 300 g/mol. The average Bonchev–Trinajstić information content (AvgIpc) is 2.62. The van der Waals surface area contributed by atoms with Crippen LogP contribution in [0.3, 0.4) is 0 Å². The van der Waals surface area contributed by atoms with Crippen LogP contribution in [0.1, 0.15) is 52.9 Å². The van der Waals surface area contributed by atoms with E-state index in [0.717, 1.165) is 19.4 Å². The molecule has 0 bridgehead atoms. The first-order valence-corrected chi connectivity index (χ1v) is 8.79. The van der Waals surface area contributed by atoms with Crippen molar-refractivity contribution >= 4 is 0 Å². The lowest BCUT2D eigenvalue weighted by Gasteiger charge is -2.30. The Bertz CT molecular complexity index is 275. The molecular formula is C17H37N3O. The summed E-state index contributed by atoms with van der Waals surface area (Å²) in [6, 6.07) is 0.667. The Morgan fingerprint density at radius 1 is 1.29 bits per heavy atom. The SMILES string of the molecule is CCCNC(C)(CO)CCCCN1CCCN(C)CC1C. The third-order valence-corrected chi connectivity index (χ3v) is 4.76. The summed E-state index contributed by atoms with van der Waals surface area (Å²) in [6.07, 6.45) is 5.89. The molecule has 1 rings (SSSR count). The number of rotatable bonds is 9. The molecule has 1 fully saturated rings. The third-order valence-electron chi connectivity index (χ3n) is 4.76. The molecular weight excluding hydrogens is 262 g/mol. The molecule has 0 aromatic rings. The van der Waals surface area contributed by atoms with Crippen molar-refractivity contribution in [2.24, 2.45) is 0 Å². The van der Waals surface area contributed by atoms with E-state index in [1.165, 1.54) is 45.4 Å². The number of likely N-dealkylation sites (N-methyl/N-ethyl adjacent to an activating group) is 1. The van der Waals surface area contributed by atoms with E-state index in [1.807, 2.05) is 0 Å². The van der Waals surface area contributed by atoms with Crippen molar-refractivity contribution in [3.8, 4) is 0 Å². The van der Waals surface area contributed by atoms with Gasteiger partial charge in [-0.05, 0) is 72.8 Å². The fourth-order valence-electron chi connectivity index (χ4n) is 3.23. The summed E-state index contributed by atoms with van der Waals surface area (Å²) in [4.78, 5) is 5.08. The first-order valence-electron chi connectivity index (χ1n) is 8.79. The van der Waals surface area contributed by atoms with Crippen molar-refractivity contribution in [2.45, 2.75) is 64.5 Å². The Morgan fingerprint density at radius 2 is 2.05 bits per heavy atom. The Hall–Kier alpha value is -0.160. The first kappa shape index (κ1) is 18.9. The summed E-state index contributed by atoms with van der Waals surface area (Å²) in [5.74, 6) is 0. The van der Waals surface area contributed by atoms with Crippen molar-refractivity contribution in [3.63, 3.8) is 0 Å². The number of hydrogen-bond donors (Lipinski definition) is 2. The van der Waals surface area contributed by atoms with Gasteiger partial charge in [0.25, 0.3) is 0 Å². The van der Waals surface area contributed by atoms with E-state index in [2.05, 4.69) is 42.9 Å². The quantitative estimate of drug-likeness (QED) is 0.638. The van der Waals surface area contributed by atoms with E-state index in [0.29, 0.717) is 6.04 Å². The molecule has 2 unspecified atom stereocenters. The normalized spacial score (nSPS) is 24.7. The number of nitrogens with one attached hydrogen (secondary N) is 1. The molecule has 126 valence electrons. The van der Waals surface area contributed by atoms with Crippen LogP contribution in [0.5, 0.6) is 0 Å². The summed E-state index contributed by atoms with van der Waals surface area (Å²) in [5, 5.41) is 13.1. The second-order valence-corrected chi connectivity index (χ2v) is 7.10. The van der Waals surface area contributed by atoms with Crippen LogP contribution in [-0.4, -0.2) is 72.9 Å². The minimum atomic E-state index is -0.0966. The van der Waals surface area contributed by atoms with Crippen LogP contribution in [0.25, 0.3) is 0 Å². The largest absolute Gasteiger partial charge is 0.394 e. The zero-order valence-electron chi connectivity index (χ0n) is 14.7. The van der Waals surface area contributed by atoms with Crippen LogP contribution in [0.2, 0.25) is 0 Å². The standard InChI is InChI=1S/C17H37N3O/c1-5-10-18-17(3,15-21)9-6-7-12-20-13-8-11-19(4)14-16(20)2/h16,18,21H,5-15H2,1-4H3. The molecule has 0 aromatic carbocycles. The van der Waals surface area contributed by atoms with Gasteiger partial charge in [-0.2, -0.15) is 0 Å². The monoisotopic (exact) mass is 299 g/mol. The molecule has 0 aromatic heterocycles. The van der Waals surface area contributed by atoms with Gasteiger partial charge in [-0.3, -0.25) is 4.90 Å². The highest BCUT2D eigenvalue weighted by Gasteiger charge is 2.22. The summed E-state index contributed by atoms with van der Waals surface area (Å²) in [6.45, 7) is 12.7. The van der Waals surface area contributed by atoms with E-state index >= 15 is 0 Å². The fraction of sp³-hybridized carbons (Fsp3) is 1.00. The molecule has 1 saturated heterocycles. The number of unbranched alkanes of at least 4 members (excludes halogenated alkanes) is 1. The molecule has 0 saturated carbocycles. The number of aliphatic hydroxyl groups excluding tert-OH is 1. The minimum Gasteiger partial charge on any atom is -0.394 e. The van der Waals surface area contributed by atoms with Crippen LogP contribution in [-0.2, 0) is 0 Å². The summed E-state index contributed by atoms with van der Waals surface area (Å²) in [5.41, 5.74) is -0.0966. The van der Waals surface area contributed by atoms with Gasteiger partial charge in [-0.25, -0.2) is 0 Å². The highest BCUT2D eigenvalue weighted by Crippen LogP contribution is 2.15. The van der Waals surface area contributed by atoms with Gasteiger partial charge in [-0.1, -0.05) is 13.3 Å². The lowest BCUT2D eigenvalue weighted by atomic mass is 9.95. The second-order valence-electron chi connectivity index (χ2n) is 7.10. The van der Waals surface area contributed by atoms with Gasteiger partial charge >= 0.3 is 0 Å². The van der Waals surface area contributed by atoms with Crippen molar-refractivity contribution in [1.82, 2.24) is 15.1 Å². The number of aliphatic hydroxyl groups is 1. The highest BCUT2D eigenvalue weighted by atomic mass is 16.3. The summed E-state index contributed by atoms with van der Waals surface area (Å²) < 4.78 is 0. The summed E-state index contributed by atoms with van der Waals surface area (Å²) >= 11 is 0. The van der Waals surface area contributed by atoms with Crippen LogP contribution in [0.15, 0.2) is 0 Å². The van der Waals surface area contributed by atoms with E-state index < -0.39 is 0 Å². The topological polar surface area (TPSA) is 38.7 Å². The molecule has 1 heterocycles. The van der Waals surface area contributed by atoms with Crippen LogP contribution < -0.4 is 5.32 Å². The van der Waals surface area contributed by atoms with E-state index in [1.54, 1.807) is 0 Å². The Morgan fingerprint density at radius 3 is 2.71 bits per heavy atom. The maximum absolute atomic E-state index is 9.59. The predicted octanol–water partition coefficient (Wildman–Crippen LogP) is 1.93. The fourth-order valence-corrected chi connectivity index (χ4v) is 3.23. The highest BCUT2D eigenvalue weighted by molar-refractivity contribution is 4.82. The maximum Gasteiger partial charge on any atom is 0.0610 e. The molecule has 4 nitrogen and oxygen atoms in total. The minimum absolute atomic E-state index is 0.0966. The van der Waals surface area contributed by atoms with E-state index in [-0.39, 0.29) is 12.1 Å². The van der Waals surface area contributed by atoms with Crippen LogP contribution >= 0.6 is 0 Å². The van der Waals surface area contributed by atoms with Gasteiger partial charge < -0.3 is 15.3 Å². The van der Waals surface area contributed by atoms with Gasteiger partial charge in [0.2, 0.25) is 0 Å². The lowest BCUT2D eigenvalue weighted by Crippen LogP contribution is -2.46. The van der Waals surface area contributed by atoms with Gasteiger partial charge in [-0.15, -0.1) is 0 Å². The van der Waals surface area contributed by atoms with E-state index in [4.69, 9.17) is 0 Å². The first-order chi connectivity index (χ1) is 10.0. The maximum atomic E-state index is 9.59. The van der Waals surface area contributed by atoms with Crippen LogP contribution in [0, 0.1) is 0 Å². The molecule has 1 aliphatic heterocycles. The van der Waals surface area contributed by atoms with Gasteiger partial charge in [0.15, 0.2) is 0 Å². The molecule has 21 heavy (non-hydrogen) atoms. The van der Waals surface area contributed by atoms with Gasteiger partial charge in [0.1, 0.15) is 0 Å². The third kappa shape index (κ3) is 7.09. The molecule has 1 aliphatic rings. The van der Waals surface area contributed by atoms with Crippen molar-refractivity contribution in [1.29, 1.82) is 0 Å². The molecule has 2 N–H and O–H groups in total. The van der Waals surface area contributed by atoms with Gasteiger partial charge in [0.05, 0.1) is 6.61 Å². The van der Waals surface area contributed by atoms with Crippen LogP contribution in [0.4, 0.5) is 0 Å². The second kappa shape index (κ2) is 9.78. The Balaban J connectivity index is 2.25. The smallest absolute Gasteiger partial charge is 0.0610 e. The lowest BCUT2D eigenvalue weighted by molar-refractivity contribution is 0.157. The zero-order valence-corrected chi connectivity index (χ0v) is 14.7. The molecule has 4 heteroatoms.